The second-order valence-corrected chi connectivity index (χ2v) is 6.56. The molecule has 0 bridgehead atoms. The summed E-state index contributed by atoms with van der Waals surface area (Å²) in [6.45, 7) is 2.94. The number of para-hydroxylation sites is 3. The quantitative estimate of drug-likeness (QED) is 0.419. The van der Waals surface area contributed by atoms with Gasteiger partial charge in [-0.3, -0.25) is 13.9 Å². The van der Waals surface area contributed by atoms with E-state index in [1.54, 1.807) is 4.57 Å². The van der Waals surface area contributed by atoms with Crippen LogP contribution in [0, 0.1) is 0 Å². The molecule has 3 rings (SSSR count). The smallest absolute Gasteiger partial charge is 0.333 e. The van der Waals surface area contributed by atoms with Crippen LogP contribution in [-0.2, 0) is 16.1 Å². The first kappa shape index (κ1) is 19.0. The summed E-state index contributed by atoms with van der Waals surface area (Å²) < 4.78 is 8.57. The normalized spacial score (nSPS) is 11.0. The van der Waals surface area contributed by atoms with Crippen LogP contribution >= 0.6 is 0 Å². The number of hydrogen-bond donors (Lipinski definition) is 0. The summed E-state index contributed by atoms with van der Waals surface area (Å²) in [4.78, 5) is 24.4. The van der Waals surface area contributed by atoms with Crippen molar-refractivity contribution >= 4 is 17.0 Å². The highest BCUT2D eigenvalue weighted by atomic mass is 16.5. The number of unbranched alkanes of at least 4 members (excludes halogenated alkanes) is 3. The molecule has 0 spiro atoms. The largest absolute Gasteiger partial charge is 0.466 e. The molecule has 2 aromatic carbocycles. The van der Waals surface area contributed by atoms with Crippen molar-refractivity contribution < 1.29 is 9.53 Å². The third-order valence-electron chi connectivity index (χ3n) is 4.67. The summed E-state index contributed by atoms with van der Waals surface area (Å²) in [6.07, 6.45) is 4.16. The average molecular weight is 366 g/mol. The lowest BCUT2D eigenvalue weighted by Gasteiger charge is -2.04. The van der Waals surface area contributed by atoms with Crippen LogP contribution in [0.4, 0.5) is 0 Å². The van der Waals surface area contributed by atoms with Crippen LogP contribution in [-0.4, -0.2) is 21.7 Å². The lowest BCUT2D eigenvalue weighted by atomic mass is 10.1. The van der Waals surface area contributed by atoms with E-state index in [4.69, 9.17) is 4.74 Å². The molecular formula is C22H26N2O3. The third kappa shape index (κ3) is 4.48. The summed E-state index contributed by atoms with van der Waals surface area (Å²) in [7, 11) is 0. The van der Waals surface area contributed by atoms with Crippen LogP contribution in [0.1, 0.15) is 39.0 Å². The Morgan fingerprint density at radius 1 is 0.889 bits per heavy atom. The zero-order valence-electron chi connectivity index (χ0n) is 15.8. The molecule has 1 aromatic heterocycles. The number of ether oxygens (including phenoxy) is 1. The van der Waals surface area contributed by atoms with Crippen molar-refractivity contribution in [1.29, 1.82) is 0 Å². The van der Waals surface area contributed by atoms with E-state index in [9.17, 15) is 9.59 Å². The number of aryl methyl sites for hydroxylation is 1. The van der Waals surface area contributed by atoms with E-state index < -0.39 is 0 Å². The van der Waals surface area contributed by atoms with Gasteiger partial charge in [-0.2, -0.15) is 0 Å². The molecule has 0 saturated carbocycles. The molecule has 1 heterocycles. The fourth-order valence-corrected chi connectivity index (χ4v) is 3.38. The SMILES string of the molecule is CCOC(=O)CCCCCCn1c(=O)n(-c2ccccc2)c2ccccc21. The average Bonchev–Trinajstić information content (AvgIpc) is 2.97. The maximum Gasteiger partial charge on any atom is 0.333 e. The van der Waals surface area contributed by atoms with Gasteiger partial charge in [-0.05, 0) is 44.0 Å². The highest BCUT2D eigenvalue weighted by molar-refractivity contribution is 5.78. The van der Waals surface area contributed by atoms with E-state index in [1.807, 2.05) is 66.1 Å². The van der Waals surface area contributed by atoms with Crippen molar-refractivity contribution in [3.05, 3.63) is 65.1 Å². The minimum absolute atomic E-state index is 0.00563. The summed E-state index contributed by atoms with van der Waals surface area (Å²) in [5.41, 5.74) is 2.76. The second kappa shape index (κ2) is 9.21. The maximum absolute atomic E-state index is 13.0. The first-order valence-corrected chi connectivity index (χ1v) is 9.63. The van der Waals surface area contributed by atoms with E-state index >= 15 is 0 Å². The number of fused-ring (bicyclic) bond motifs is 1. The topological polar surface area (TPSA) is 53.2 Å². The third-order valence-corrected chi connectivity index (χ3v) is 4.67. The molecule has 0 saturated heterocycles. The molecule has 0 atom stereocenters. The number of esters is 1. The van der Waals surface area contributed by atoms with Crippen LogP contribution in [0.3, 0.4) is 0 Å². The van der Waals surface area contributed by atoms with Gasteiger partial charge in [0.05, 0.1) is 23.3 Å². The predicted octanol–water partition coefficient (Wildman–Crippen LogP) is 4.31. The molecule has 0 aliphatic heterocycles. The maximum atomic E-state index is 13.0. The Hall–Kier alpha value is -2.82. The Balaban J connectivity index is 1.68. The van der Waals surface area contributed by atoms with Gasteiger partial charge in [-0.1, -0.05) is 43.2 Å². The molecule has 0 aliphatic rings. The number of nitrogens with zero attached hydrogens (tertiary/aromatic N) is 2. The van der Waals surface area contributed by atoms with Crippen LogP contribution < -0.4 is 5.69 Å². The van der Waals surface area contributed by atoms with Crippen molar-refractivity contribution in [2.75, 3.05) is 6.61 Å². The van der Waals surface area contributed by atoms with Crippen LogP contribution in [0.25, 0.3) is 16.7 Å². The summed E-state index contributed by atoms with van der Waals surface area (Å²) in [6, 6.07) is 17.6. The summed E-state index contributed by atoms with van der Waals surface area (Å²) in [5, 5.41) is 0. The second-order valence-electron chi connectivity index (χ2n) is 6.56. The number of imidazole rings is 1. The molecule has 0 unspecified atom stereocenters. The van der Waals surface area contributed by atoms with Crippen molar-refractivity contribution in [1.82, 2.24) is 9.13 Å². The molecule has 142 valence electrons. The fourth-order valence-electron chi connectivity index (χ4n) is 3.38. The Labute approximate surface area is 159 Å². The number of carbonyl (C=O) groups excluding carboxylic acids is 1. The number of hydrogen-bond acceptors (Lipinski definition) is 3. The number of rotatable bonds is 9. The molecule has 5 heteroatoms. The molecule has 0 fully saturated rings. The Morgan fingerprint density at radius 3 is 2.30 bits per heavy atom. The first-order valence-electron chi connectivity index (χ1n) is 9.63. The lowest BCUT2D eigenvalue weighted by molar-refractivity contribution is -0.143. The Kier molecular flexibility index (Phi) is 6.47. The van der Waals surface area contributed by atoms with Gasteiger partial charge in [-0.15, -0.1) is 0 Å². The van der Waals surface area contributed by atoms with Crippen LogP contribution in [0.15, 0.2) is 59.4 Å². The van der Waals surface area contributed by atoms with E-state index in [-0.39, 0.29) is 11.7 Å². The molecule has 0 amide bonds. The fraction of sp³-hybridized carbons (Fsp3) is 0.364. The van der Waals surface area contributed by atoms with E-state index in [0.29, 0.717) is 19.6 Å². The van der Waals surface area contributed by atoms with Gasteiger partial charge in [0.2, 0.25) is 0 Å². The first-order chi connectivity index (χ1) is 13.2. The molecule has 5 nitrogen and oxygen atoms in total. The number of benzene rings is 2. The van der Waals surface area contributed by atoms with Crippen molar-refractivity contribution in [2.24, 2.45) is 0 Å². The molecule has 0 N–H and O–H groups in total. The van der Waals surface area contributed by atoms with Gasteiger partial charge in [-0.25, -0.2) is 4.79 Å². The van der Waals surface area contributed by atoms with E-state index in [0.717, 1.165) is 42.4 Å². The number of carbonyl (C=O) groups is 1. The molecule has 27 heavy (non-hydrogen) atoms. The standard InChI is InChI=1S/C22H26N2O3/c1-2-27-21(25)16-8-3-4-11-17-23-19-14-9-10-15-20(19)24(22(23)26)18-12-6-5-7-13-18/h5-7,9-10,12-15H,2-4,8,11,16-17H2,1H3. The molecule has 0 radical (unpaired) electrons. The lowest BCUT2D eigenvalue weighted by Crippen LogP contribution is -2.23. The van der Waals surface area contributed by atoms with Gasteiger partial charge in [0.25, 0.3) is 0 Å². The van der Waals surface area contributed by atoms with Crippen molar-refractivity contribution in [3.8, 4) is 5.69 Å². The highest BCUT2D eigenvalue weighted by Gasteiger charge is 2.13. The van der Waals surface area contributed by atoms with Gasteiger partial charge in [0, 0.05) is 13.0 Å². The van der Waals surface area contributed by atoms with Crippen molar-refractivity contribution in [2.45, 2.75) is 45.6 Å². The van der Waals surface area contributed by atoms with Gasteiger partial charge < -0.3 is 4.74 Å². The monoisotopic (exact) mass is 366 g/mol. The van der Waals surface area contributed by atoms with E-state index in [1.165, 1.54) is 0 Å². The molecule has 0 aliphatic carbocycles. The number of aromatic nitrogens is 2. The van der Waals surface area contributed by atoms with Crippen LogP contribution in [0.2, 0.25) is 0 Å². The molecular weight excluding hydrogens is 340 g/mol. The molecule has 3 aromatic rings. The Morgan fingerprint density at radius 2 is 1.56 bits per heavy atom. The minimum atomic E-state index is -0.125. The minimum Gasteiger partial charge on any atom is -0.466 e. The Bertz CT molecular complexity index is 941. The van der Waals surface area contributed by atoms with Gasteiger partial charge >= 0.3 is 11.7 Å². The summed E-state index contributed by atoms with van der Waals surface area (Å²) >= 11 is 0. The van der Waals surface area contributed by atoms with E-state index in [2.05, 4.69) is 0 Å². The zero-order chi connectivity index (χ0) is 19.1. The van der Waals surface area contributed by atoms with Crippen LogP contribution in [0.5, 0.6) is 0 Å². The van der Waals surface area contributed by atoms with Crippen molar-refractivity contribution in [3.63, 3.8) is 0 Å². The highest BCUT2D eigenvalue weighted by Crippen LogP contribution is 2.18. The van der Waals surface area contributed by atoms with Gasteiger partial charge in [0.1, 0.15) is 0 Å². The van der Waals surface area contributed by atoms with Gasteiger partial charge in [0.15, 0.2) is 0 Å². The zero-order valence-corrected chi connectivity index (χ0v) is 15.8. The summed E-state index contributed by atoms with van der Waals surface area (Å²) in [5.74, 6) is -0.125. The predicted molar refractivity (Wildman–Crippen MR) is 107 cm³/mol.